The molecule has 7 heteroatoms. The Bertz CT molecular complexity index is 566. The summed E-state index contributed by atoms with van der Waals surface area (Å²) in [6.45, 7) is 3.74. The second kappa shape index (κ2) is 3.04. The SMILES string of the molecule is CC(C)n1c(N)nc2nnn(C)c2c1=O. The molecule has 0 amide bonds. The van der Waals surface area contributed by atoms with Gasteiger partial charge in [0.25, 0.3) is 5.56 Å². The molecule has 0 aliphatic rings. The summed E-state index contributed by atoms with van der Waals surface area (Å²) in [6.07, 6.45) is 0. The van der Waals surface area contributed by atoms with Crippen LogP contribution in [0.25, 0.3) is 11.2 Å². The number of hydrogen-bond donors (Lipinski definition) is 1. The second-order valence-corrected chi connectivity index (χ2v) is 3.62. The zero-order valence-electron chi connectivity index (χ0n) is 8.80. The summed E-state index contributed by atoms with van der Waals surface area (Å²) in [6, 6.07) is -0.0377. The van der Waals surface area contributed by atoms with Crippen LogP contribution in [0.1, 0.15) is 19.9 Å². The molecule has 0 saturated heterocycles. The Balaban J connectivity index is 2.94. The summed E-state index contributed by atoms with van der Waals surface area (Å²) >= 11 is 0. The molecule has 0 fully saturated rings. The van der Waals surface area contributed by atoms with Gasteiger partial charge in [0.05, 0.1) is 0 Å². The van der Waals surface area contributed by atoms with E-state index in [-0.39, 0.29) is 23.2 Å². The lowest BCUT2D eigenvalue weighted by atomic mass is 10.3. The quantitative estimate of drug-likeness (QED) is 0.694. The molecule has 2 N–H and O–H groups in total. The molecule has 2 aromatic heterocycles. The fourth-order valence-corrected chi connectivity index (χ4v) is 1.54. The van der Waals surface area contributed by atoms with E-state index in [1.54, 1.807) is 7.05 Å². The summed E-state index contributed by atoms with van der Waals surface area (Å²) < 4.78 is 2.83. The van der Waals surface area contributed by atoms with Crippen LogP contribution in [0.5, 0.6) is 0 Å². The first-order valence-electron chi connectivity index (χ1n) is 4.59. The number of aromatic nitrogens is 5. The lowest BCUT2D eigenvalue weighted by Crippen LogP contribution is -2.27. The first-order valence-corrected chi connectivity index (χ1v) is 4.59. The summed E-state index contributed by atoms with van der Waals surface area (Å²) in [5.41, 5.74) is 6.13. The first-order chi connectivity index (χ1) is 7.02. The Kier molecular flexibility index (Phi) is 1.95. The maximum atomic E-state index is 12.0. The summed E-state index contributed by atoms with van der Waals surface area (Å²) in [4.78, 5) is 16.0. The molecule has 0 atom stereocenters. The Morgan fingerprint density at radius 1 is 1.40 bits per heavy atom. The van der Waals surface area contributed by atoms with Gasteiger partial charge in [-0.3, -0.25) is 9.36 Å². The van der Waals surface area contributed by atoms with Gasteiger partial charge < -0.3 is 5.73 Å². The number of anilines is 1. The van der Waals surface area contributed by atoms with Crippen molar-refractivity contribution in [3.05, 3.63) is 10.4 Å². The molecule has 0 radical (unpaired) electrons. The zero-order valence-corrected chi connectivity index (χ0v) is 8.80. The number of hydrogen-bond acceptors (Lipinski definition) is 5. The second-order valence-electron chi connectivity index (χ2n) is 3.62. The van der Waals surface area contributed by atoms with Gasteiger partial charge in [-0.15, -0.1) is 5.10 Å². The minimum Gasteiger partial charge on any atom is -0.369 e. The number of nitrogen functional groups attached to an aromatic ring is 1. The monoisotopic (exact) mass is 208 g/mol. The maximum Gasteiger partial charge on any atom is 0.283 e. The number of fused-ring (bicyclic) bond motifs is 1. The predicted molar refractivity (Wildman–Crippen MR) is 55.4 cm³/mol. The highest BCUT2D eigenvalue weighted by atomic mass is 16.1. The van der Waals surface area contributed by atoms with Gasteiger partial charge in [0.1, 0.15) is 0 Å². The Labute approximate surface area is 85.5 Å². The van der Waals surface area contributed by atoms with E-state index in [1.807, 2.05) is 13.8 Å². The average Bonchev–Trinajstić information content (AvgIpc) is 2.46. The Hall–Kier alpha value is -1.92. The number of nitrogens with two attached hydrogens (primary N) is 1. The van der Waals surface area contributed by atoms with Gasteiger partial charge in [0.2, 0.25) is 11.6 Å². The van der Waals surface area contributed by atoms with Crippen molar-refractivity contribution in [1.82, 2.24) is 24.5 Å². The highest BCUT2D eigenvalue weighted by Crippen LogP contribution is 2.09. The zero-order chi connectivity index (χ0) is 11.2. The predicted octanol–water partition coefficient (Wildman–Crippen LogP) is -0.312. The number of nitrogens with zero attached hydrogens (tertiary/aromatic N) is 5. The van der Waals surface area contributed by atoms with E-state index in [4.69, 9.17) is 5.73 Å². The Morgan fingerprint density at radius 3 is 2.67 bits per heavy atom. The summed E-state index contributed by atoms with van der Waals surface area (Å²) in [5, 5.41) is 7.48. The van der Waals surface area contributed by atoms with Gasteiger partial charge in [-0.25, -0.2) is 4.68 Å². The lowest BCUT2D eigenvalue weighted by Gasteiger charge is -2.11. The molecule has 0 aliphatic heterocycles. The molecule has 0 spiro atoms. The average molecular weight is 208 g/mol. The fourth-order valence-electron chi connectivity index (χ4n) is 1.54. The smallest absolute Gasteiger partial charge is 0.283 e. The molecule has 7 nitrogen and oxygen atoms in total. The van der Waals surface area contributed by atoms with E-state index in [1.165, 1.54) is 9.25 Å². The lowest BCUT2D eigenvalue weighted by molar-refractivity contribution is 0.581. The van der Waals surface area contributed by atoms with Crippen molar-refractivity contribution in [3.8, 4) is 0 Å². The van der Waals surface area contributed by atoms with Crippen molar-refractivity contribution in [2.24, 2.45) is 7.05 Å². The minimum atomic E-state index is -0.208. The number of rotatable bonds is 1. The van der Waals surface area contributed by atoms with Crippen LogP contribution in [0.4, 0.5) is 5.95 Å². The van der Waals surface area contributed by atoms with Gasteiger partial charge in [0, 0.05) is 13.1 Å². The topological polar surface area (TPSA) is 91.6 Å². The minimum absolute atomic E-state index is 0.0377. The fraction of sp³-hybridized carbons (Fsp3) is 0.500. The van der Waals surface area contributed by atoms with Crippen molar-refractivity contribution in [2.75, 3.05) is 5.73 Å². The largest absolute Gasteiger partial charge is 0.369 e. The summed E-state index contributed by atoms with van der Waals surface area (Å²) in [5.74, 6) is 0.169. The molecule has 2 heterocycles. The maximum absolute atomic E-state index is 12.0. The molecule has 2 aromatic rings. The molecule has 2 rings (SSSR count). The van der Waals surface area contributed by atoms with Gasteiger partial charge in [-0.1, -0.05) is 5.21 Å². The molecule has 0 saturated carbocycles. The third-order valence-electron chi connectivity index (χ3n) is 2.21. The van der Waals surface area contributed by atoms with Gasteiger partial charge in [-0.05, 0) is 13.8 Å². The molecular formula is C8H12N6O. The van der Waals surface area contributed by atoms with E-state index in [0.29, 0.717) is 5.52 Å². The van der Waals surface area contributed by atoms with E-state index in [9.17, 15) is 4.79 Å². The highest BCUT2D eigenvalue weighted by molar-refractivity contribution is 5.69. The van der Waals surface area contributed by atoms with E-state index in [2.05, 4.69) is 15.3 Å². The van der Waals surface area contributed by atoms with Crippen LogP contribution in [0.15, 0.2) is 4.79 Å². The van der Waals surface area contributed by atoms with Crippen LogP contribution in [0.2, 0.25) is 0 Å². The van der Waals surface area contributed by atoms with Crippen molar-refractivity contribution >= 4 is 17.1 Å². The van der Waals surface area contributed by atoms with E-state index in [0.717, 1.165) is 0 Å². The molecule has 0 aromatic carbocycles. The third kappa shape index (κ3) is 1.27. The van der Waals surface area contributed by atoms with Gasteiger partial charge in [0.15, 0.2) is 5.52 Å². The van der Waals surface area contributed by atoms with E-state index >= 15 is 0 Å². The molecule has 0 aliphatic carbocycles. The van der Waals surface area contributed by atoms with Crippen molar-refractivity contribution in [1.29, 1.82) is 0 Å². The number of aryl methyl sites for hydroxylation is 1. The standard InChI is InChI=1S/C8H12N6O/c1-4(2)14-7(15)5-6(10-8(14)9)11-12-13(5)3/h4H,1-3H3,(H2,9,10). The molecule has 80 valence electrons. The third-order valence-corrected chi connectivity index (χ3v) is 2.21. The molecule has 15 heavy (non-hydrogen) atoms. The van der Waals surface area contributed by atoms with Crippen molar-refractivity contribution in [3.63, 3.8) is 0 Å². The van der Waals surface area contributed by atoms with Gasteiger partial charge >= 0.3 is 0 Å². The van der Waals surface area contributed by atoms with Crippen LogP contribution in [-0.2, 0) is 7.05 Å². The first kappa shape index (κ1) is 9.63. The van der Waals surface area contributed by atoms with Gasteiger partial charge in [-0.2, -0.15) is 4.98 Å². The normalized spacial score (nSPS) is 11.5. The van der Waals surface area contributed by atoms with Crippen LogP contribution in [-0.4, -0.2) is 24.5 Å². The van der Waals surface area contributed by atoms with E-state index < -0.39 is 0 Å². The van der Waals surface area contributed by atoms with Crippen LogP contribution < -0.4 is 11.3 Å². The van der Waals surface area contributed by atoms with Crippen LogP contribution in [0, 0.1) is 0 Å². The van der Waals surface area contributed by atoms with Crippen molar-refractivity contribution < 1.29 is 0 Å². The Morgan fingerprint density at radius 2 is 2.07 bits per heavy atom. The summed E-state index contributed by atoms with van der Waals surface area (Å²) in [7, 11) is 1.65. The molecule has 0 unspecified atom stereocenters. The van der Waals surface area contributed by atoms with Crippen LogP contribution in [0.3, 0.4) is 0 Å². The molecule has 0 bridgehead atoms. The van der Waals surface area contributed by atoms with Crippen LogP contribution >= 0.6 is 0 Å². The van der Waals surface area contributed by atoms with Crippen molar-refractivity contribution in [2.45, 2.75) is 19.9 Å². The highest BCUT2D eigenvalue weighted by Gasteiger charge is 2.15. The molecular weight excluding hydrogens is 196 g/mol.